The maximum Gasteiger partial charge on any atom is 0.292 e. The standard InChI is InChI=1S/C25H23FN6O2/c1-15-11-18-21(33-2)8-7-19(26)24(18)32(15)10-9-28-23-12-20(30-14-31-23)16-3-5-17(6-4-16)22-13-29-25(27)34-22/h3-8,11-14H,9-10H2,1-2H3,(H2,27,29)(H,28,30,31). The molecule has 0 aliphatic carbocycles. The van der Waals surface area contributed by atoms with Crippen LogP contribution in [0.4, 0.5) is 16.2 Å². The number of hydrogen-bond acceptors (Lipinski definition) is 7. The molecule has 3 N–H and O–H groups in total. The molecule has 0 saturated carbocycles. The minimum absolute atomic E-state index is 0.135. The number of hydrogen-bond donors (Lipinski definition) is 2. The van der Waals surface area contributed by atoms with Crippen molar-refractivity contribution in [2.45, 2.75) is 13.5 Å². The summed E-state index contributed by atoms with van der Waals surface area (Å²) in [6.07, 6.45) is 3.11. The smallest absolute Gasteiger partial charge is 0.292 e. The fourth-order valence-corrected chi connectivity index (χ4v) is 4.04. The SMILES string of the molecule is COc1ccc(F)c2c1cc(C)n2CCNc1cc(-c2ccc(-c3cnc(N)o3)cc2)ncn1. The van der Waals surface area contributed by atoms with Crippen LogP contribution in [0.5, 0.6) is 5.75 Å². The first-order valence-electron chi connectivity index (χ1n) is 10.7. The van der Waals surface area contributed by atoms with Crippen LogP contribution >= 0.6 is 0 Å². The average molecular weight is 458 g/mol. The summed E-state index contributed by atoms with van der Waals surface area (Å²) >= 11 is 0. The molecule has 0 spiro atoms. The molecule has 9 heteroatoms. The molecule has 5 rings (SSSR count). The third kappa shape index (κ3) is 4.03. The Morgan fingerprint density at radius 3 is 2.59 bits per heavy atom. The molecule has 0 bridgehead atoms. The number of oxazole rings is 1. The number of nitrogen functional groups attached to an aromatic ring is 1. The van der Waals surface area contributed by atoms with Gasteiger partial charge in [-0.3, -0.25) is 0 Å². The third-order valence-electron chi connectivity index (χ3n) is 5.69. The van der Waals surface area contributed by atoms with Crippen LogP contribution in [0.1, 0.15) is 5.69 Å². The summed E-state index contributed by atoms with van der Waals surface area (Å²) in [5, 5.41) is 4.07. The molecular formula is C25H23FN6O2. The van der Waals surface area contributed by atoms with E-state index in [1.165, 1.54) is 12.4 Å². The van der Waals surface area contributed by atoms with Crippen molar-refractivity contribution in [1.82, 2.24) is 19.5 Å². The Morgan fingerprint density at radius 1 is 1.06 bits per heavy atom. The van der Waals surface area contributed by atoms with E-state index in [2.05, 4.69) is 20.3 Å². The first-order valence-corrected chi connectivity index (χ1v) is 10.7. The topological polar surface area (TPSA) is 104 Å². The summed E-state index contributed by atoms with van der Waals surface area (Å²) < 4.78 is 27.3. The van der Waals surface area contributed by atoms with Gasteiger partial charge >= 0.3 is 0 Å². The Labute approximate surface area is 195 Å². The molecule has 8 nitrogen and oxygen atoms in total. The van der Waals surface area contributed by atoms with E-state index < -0.39 is 0 Å². The summed E-state index contributed by atoms with van der Waals surface area (Å²) in [5.74, 6) is 1.68. The third-order valence-corrected chi connectivity index (χ3v) is 5.69. The Kier molecular flexibility index (Phi) is 5.59. The summed E-state index contributed by atoms with van der Waals surface area (Å²) in [5.41, 5.74) is 9.63. The van der Waals surface area contributed by atoms with Crippen LogP contribution in [0, 0.1) is 12.7 Å². The largest absolute Gasteiger partial charge is 0.496 e. The van der Waals surface area contributed by atoms with Gasteiger partial charge in [0.25, 0.3) is 6.01 Å². The maximum absolute atomic E-state index is 14.6. The Balaban J connectivity index is 1.30. The number of rotatable bonds is 7. The number of aromatic nitrogens is 4. The average Bonchev–Trinajstić information content (AvgIpc) is 3.43. The Bertz CT molecular complexity index is 1460. The van der Waals surface area contributed by atoms with Crippen molar-refractivity contribution in [3.8, 4) is 28.3 Å². The molecule has 0 radical (unpaired) electrons. The maximum atomic E-state index is 14.6. The van der Waals surface area contributed by atoms with Crippen LogP contribution < -0.4 is 15.8 Å². The van der Waals surface area contributed by atoms with Crippen molar-refractivity contribution in [3.63, 3.8) is 0 Å². The van der Waals surface area contributed by atoms with Crippen LogP contribution in [0.2, 0.25) is 0 Å². The quantitative estimate of drug-likeness (QED) is 0.357. The van der Waals surface area contributed by atoms with Gasteiger partial charge in [-0.1, -0.05) is 24.3 Å². The van der Waals surface area contributed by atoms with Crippen LogP contribution in [-0.2, 0) is 6.54 Å². The second-order valence-corrected chi connectivity index (χ2v) is 7.80. The lowest BCUT2D eigenvalue weighted by atomic mass is 10.1. The molecule has 0 saturated heterocycles. The number of nitrogens with one attached hydrogen (secondary N) is 1. The highest BCUT2D eigenvalue weighted by molar-refractivity contribution is 5.88. The molecule has 0 unspecified atom stereocenters. The first-order chi connectivity index (χ1) is 16.5. The van der Waals surface area contributed by atoms with Gasteiger partial charge in [0.2, 0.25) is 0 Å². The van der Waals surface area contributed by atoms with Crippen molar-refractivity contribution in [2.24, 2.45) is 0 Å². The van der Waals surface area contributed by atoms with Crippen LogP contribution in [0.25, 0.3) is 33.5 Å². The number of benzene rings is 2. The van der Waals surface area contributed by atoms with Gasteiger partial charge in [-0.05, 0) is 25.1 Å². The van der Waals surface area contributed by atoms with Gasteiger partial charge in [0.15, 0.2) is 5.76 Å². The van der Waals surface area contributed by atoms with Crippen molar-refractivity contribution in [2.75, 3.05) is 24.7 Å². The number of halogens is 1. The predicted octanol–water partition coefficient (Wildman–Crippen LogP) is 4.90. The molecule has 0 aliphatic heterocycles. The number of aryl methyl sites for hydroxylation is 1. The summed E-state index contributed by atoms with van der Waals surface area (Å²) in [4.78, 5) is 12.6. The van der Waals surface area contributed by atoms with Gasteiger partial charge < -0.3 is 24.8 Å². The number of anilines is 2. The summed E-state index contributed by atoms with van der Waals surface area (Å²) in [7, 11) is 1.59. The van der Waals surface area contributed by atoms with Gasteiger partial charge in [-0.25, -0.2) is 19.3 Å². The van der Waals surface area contributed by atoms with E-state index in [1.54, 1.807) is 19.4 Å². The lowest BCUT2D eigenvalue weighted by molar-refractivity contribution is 0.419. The fraction of sp³-hybridized carbons (Fsp3) is 0.160. The monoisotopic (exact) mass is 458 g/mol. The zero-order valence-electron chi connectivity index (χ0n) is 18.7. The molecule has 0 atom stereocenters. The lowest BCUT2D eigenvalue weighted by Crippen LogP contribution is -2.13. The molecular weight excluding hydrogens is 435 g/mol. The van der Waals surface area contributed by atoms with Crippen LogP contribution in [0.15, 0.2) is 65.5 Å². The van der Waals surface area contributed by atoms with E-state index in [9.17, 15) is 4.39 Å². The lowest BCUT2D eigenvalue weighted by Gasteiger charge is -2.12. The van der Waals surface area contributed by atoms with Gasteiger partial charge in [-0.2, -0.15) is 0 Å². The van der Waals surface area contributed by atoms with Gasteiger partial charge in [0.1, 0.15) is 23.7 Å². The number of fused-ring (bicyclic) bond motifs is 1. The van der Waals surface area contributed by atoms with Crippen molar-refractivity contribution >= 4 is 22.7 Å². The molecule has 0 amide bonds. The number of ether oxygens (including phenoxy) is 1. The van der Waals surface area contributed by atoms with Crippen molar-refractivity contribution < 1.29 is 13.5 Å². The molecule has 2 aromatic carbocycles. The molecule has 34 heavy (non-hydrogen) atoms. The number of nitrogens with two attached hydrogens (primary N) is 1. The highest BCUT2D eigenvalue weighted by Crippen LogP contribution is 2.31. The zero-order chi connectivity index (χ0) is 23.7. The van der Waals surface area contributed by atoms with E-state index >= 15 is 0 Å². The Hall–Kier alpha value is -4.40. The number of methoxy groups -OCH3 is 1. The van der Waals surface area contributed by atoms with E-state index in [0.29, 0.717) is 35.9 Å². The van der Waals surface area contributed by atoms with Gasteiger partial charge in [0.05, 0.1) is 24.5 Å². The predicted molar refractivity (Wildman–Crippen MR) is 129 cm³/mol. The minimum Gasteiger partial charge on any atom is -0.496 e. The van der Waals surface area contributed by atoms with E-state index in [-0.39, 0.29) is 11.8 Å². The highest BCUT2D eigenvalue weighted by atomic mass is 19.1. The minimum atomic E-state index is -0.273. The normalized spacial score (nSPS) is 11.1. The van der Waals surface area contributed by atoms with Gasteiger partial charge in [-0.15, -0.1) is 0 Å². The molecule has 0 fully saturated rings. The summed E-state index contributed by atoms with van der Waals surface area (Å²) in [6.45, 7) is 3.08. The molecule has 3 heterocycles. The van der Waals surface area contributed by atoms with Crippen LogP contribution in [0.3, 0.4) is 0 Å². The van der Waals surface area contributed by atoms with Gasteiger partial charge in [0, 0.05) is 41.4 Å². The second kappa shape index (κ2) is 8.86. The Morgan fingerprint density at radius 2 is 1.85 bits per heavy atom. The highest BCUT2D eigenvalue weighted by Gasteiger charge is 2.14. The molecule has 172 valence electrons. The fourth-order valence-electron chi connectivity index (χ4n) is 4.04. The number of nitrogens with zero attached hydrogens (tertiary/aromatic N) is 4. The molecule has 5 aromatic rings. The zero-order valence-corrected chi connectivity index (χ0v) is 18.7. The molecule has 3 aromatic heterocycles. The first kappa shape index (κ1) is 21.4. The van der Waals surface area contributed by atoms with Crippen LogP contribution in [-0.4, -0.2) is 33.2 Å². The van der Waals surface area contributed by atoms with Crippen molar-refractivity contribution in [1.29, 1.82) is 0 Å². The van der Waals surface area contributed by atoms with E-state index in [1.807, 2.05) is 47.9 Å². The van der Waals surface area contributed by atoms with E-state index in [4.69, 9.17) is 14.9 Å². The summed E-state index contributed by atoms with van der Waals surface area (Å²) in [6, 6.07) is 14.8. The van der Waals surface area contributed by atoms with E-state index in [0.717, 1.165) is 27.9 Å². The second-order valence-electron chi connectivity index (χ2n) is 7.80. The van der Waals surface area contributed by atoms with Crippen molar-refractivity contribution in [3.05, 3.63) is 72.6 Å². The molecule has 0 aliphatic rings.